The van der Waals surface area contributed by atoms with Gasteiger partial charge in [0.05, 0.1) is 0 Å². The fourth-order valence-corrected chi connectivity index (χ4v) is 2.53. The first-order chi connectivity index (χ1) is 8.31. The smallest absolute Gasteiger partial charge is 0.209 e. The van der Waals surface area contributed by atoms with E-state index in [0.717, 1.165) is 10.9 Å². The lowest BCUT2D eigenvalue weighted by molar-refractivity contribution is 0.649. The summed E-state index contributed by atoms with van der Waals surface area (Å²) in [6.45, 7) is 0. The summed E-state index contributed by atoms with van der Waals surface area (Å²) < 4.78 is 1.68. The number of nitrogens with one attached hydrogen (secondary N) is 1. The van der Waals surface area contributed by atoms with Gasteiger partial charge in [-0.2, -0.15) is 0 Å². The van der Waals surface area contributed by atoms with Gasteiger partial charge in [-0.3, -0.25) is 0 Å². The van der Waals surface area contributed by atoms with Gasteiger partial charge in [-0.25, -0.2) is 4.68 Å². The summed E-state index contributed by atoms with van der Waals surface area (Å²) in [4.78, 5) is 0. The second kappa shape index (κ2) is 5.79. The van der Waals surface area contributed by atoms with Gasteiger partial charge < -0.3 is 5.32 Å². The molecule has 0 fully saturated rings. The molecule has 0 aliphatic rings. The Balaban J connectivity index is 1.99. The number of hydrogen-bond acceptors (Lipinski definition) is 5. The molecule has 1 atom stereocenters. The van der Waals surface area contributed by atoms with Crippen molar-refractivity contribution in [2.45, 2.75) is 11.2 Å². The minimum absolute atomic E-state index is 0.304. The van der Waals surface area contributed by atoms with E-state index in [4.69, 9.17) is 0 Å². The van der Waals surface area contributed by atoms with E-state index in [1.54, 1.807) is 16.4 Å². The molecule has 2 rings (SSSR count). The van der Waals surface area contributed by atoms with E-state index < -0.39 is 0 Å². The first-order valence-corrected chi connectivity index (χ1v) is 6.37. The third kappa shape index (κ3) is 3.04. The Bertz CT molecular complexity index is 456. The zero-order valence-electron chi connectivity index (χ0n) is 9.87. The molecule has 0 amide bonds. The molecular weight excluding hydrogens is 234 g/mol. The van der Waals surface area contributed by atoms with Crippen LogP contribution < -0.4 is 5.32 Å². The molecular formula is C11H15N5S. The Labute approximate surface area is 105 Å². The van der Waals surface area contributed by atoms with Crippen LogP contribution in [0, 0.1) is 0 Å². The van der Waals surface area contributed by atoms with Gasteiger partial charge in [0, 0.05) is 18.8 Å². The Kier molecular flexibility index (Phi) is 4.11. The van der Waals surface area contributed by atoms with Gasteiger partial charge >= 0.3 is 0 Å². The van der Waals surface area contributed by atoms with Crippen LogP contribution in [0.15, 0.2) is 35.5 Å². The quantitative estimate of drug-likeness (QED) is 0.809. The monoisotopic (exact) mass is 249 g/mol. The van der Waals surface area contributed by atoms with Crippen LogP contribution in [0.2, 0.25) is 0 Å². The zero-order valence-corrected chi connectivity index (χ0v) is 10.7. The van der Waals surface area contributed by atoms with Crippen LogP contribution in [0.1, 0.15) is 11.6 Å². The molecule has 2 aromatic rings. The summed E-state index contributed by atoms with van der Waals surface area (Å²) in [7, 11) is 3.81. The topological polar surface area (TPSA) is 55.6 Å². The average Bonchev–Trinajstić information content (AvgIpc) is 2.77. The third-order valence-corrected chi connectivity index (χ3v) is 3.61. The first-order valence-electron chi connectivity index (χ1n) is 5.38. The van der Waals surface area contributed by atoms with Crippen LogP contribution in [0.4, 0.5) is 0 Å². The number of rotatable bonds is 5. The van der Waals surface area contributed by atoms with E-state index >= 15 is 0 Å². The molecule has 90 valence electrons. The van der Waals surface area contributed by atoms with Gasteiger partial charge in [0.1, 0.15) is 0 Å². The Morgan fingerprint density at radius 2 is 2.12 bits per heavy atom. The lowest BCUT2D eigenvalue weighted by Crippen LogP contribution is -2.18. The van der Waals surface area contributed by atoms with Gasteiger partial charge in [0.2, 0.25) is 5.16 Å². The molecule has 0 spiro atoms. The molecule has 1 heterocycles. The van der Waals surface area contributed by atoms with Crippen molar-refractivity contribution >= 4 is 11.8 Å². The summed E-state index contributed by atoms with van der Waals surface area (Å²) in [5.74, 6) is 0.898. The zero-order chi connectivity index (χ0) is 12.1. The van der Waals surface area contributed by atoms with Crippen molar-refractivity contribution in [3.05, 3.63) is 35.9 Å². The molecule has 0 saturated heterocycles. The van der Waals surface area contributed by atoms with Crippen LogP contribution in [0.3, 0.4) is 0 Å². The molecule has 0 saturated carbocycles. The number of aryl methyl sites for hydroxylation is 1. The number of nitrogens with zero attached hydrogens (tertiary/aromatic N) is 4. The number of aromatic nitrogens is 4. The molecule has 1 N–H and O–H groups in total. The average molecular weight is 249 g/mol. The Hall–Kier alpha value is -1.40. The van der Waals surface area contributed by atoms with E-state index in [0.29, 0.717) is 6.04 Å². The maximum Gasteiger partial charge on any atom is 0.209 e. The maximum atomic E-state index is 3.95. The highest BCUT2D eigenvalue weighted by molar-refractivity contribution is 7.99. The summed E-state index contributed by atoms with van der Waals surface area (Å²) in [6, 6.07) is 10.7. The predicted octanol–water partition coefficient (Wildman–Crippen LogP) is 1.26. The molecule has 0 aliphatic heterocycles. The fraction of sp³-hybridized carbons (Fsp3) is 0.364. The van der Waals surface area contributed by atoms with Gasteiger partial charge in [-0.15, -0.1) is 5.10 Å². The van der Waals surface area contributed by atoms with Crippen LogP contribution in [-0.4, -0.2) is 33.0 Å². The van der Waals surface area contributed by atoms with E-state index in [1.165, 1.54) is 5.56 Å². The van der Waals surface area contributed by atoms with Gasteiger partial charge in [0.25, 0.3) is 0 Å². The molecule has 17 heavy (non-hydrogen) atoms. The van der Waals surface area contributed by atoms with E-state index in [2.05, 4.69) is 33.0 Å². The summed E-state index contributed by atoms with van der Waals surface area (Å²) in [5.41, 5.74) is 1.28. The van der Waals surface area contributed by atoms with Crippen LogP contribution in [0.25, 0.3) is 0 Å². The molecule has 6 heteroatoms. The largest absolute Gasteiger partial charge is 0.312 e. The van der Waals surface area contributed by atoms with Crippen molar-refractivity contribution in [3.63, 3.8) is 0 Å². The summed E-state index contributed by atoms with van der Waals surface area (Å²) >= 11 is 1.65. The minimum Gasteiger partial charge on any atom is -0.312 e. The van der Waals surface area contributed by atoms with Crippen molar-refractivity contribution in [1.82, 2.24) is 25.5 Å². The van der Waals surface area contributed by atoms with E-state index in [-0.39, 0.29) is 0 Å². The third-order valence-electron chi connectivity index (χ3n) is 2.51. The first kappa shape index (κ1) is 12.1. The van der Waals surface area contributed by atoms with Crippen molar-refractivity contribution in [1.29, 1.82) is 0 Å². The summed E-state index contributed by atoms with van der Waals surface area (Å²) in [6.07, 6.45) is 0. The minimum atomic E-state index is 0.304. The van der Waals surface area contributed by atoms with Gasteiger partial charge in [-0.1, -0.05) is 42.1 Å². The lowest BCUT2D eigenvalue weighted by Gasteiger charge is -2.15. The van der Waals surface area contributed by atoms with Crippen molar-refractivity contribution < 1.29 is 0 Å². The number of benzene rings is 1. The van der Waals surface area contributed by atoms with Crippen molar-refractivity contribution in [2.75, 3.05) is 12.8 Å². The molecule has 5 nitrogen and oxygen atoms in total. The fourth-order valence-electron chi connectivity index (χ4n) is 1.53. The van der Waals surface area contributed by atoms with Gasteiger partial charge in [0.15, 0.2) is 0 Å². The normalized spacial score (nSPS) is 12.6. The Morgan fingerprint density at radius 3 is 2.71 bits per heavy atom. The highest BCUT2D eigenvalue weighted by Crippen LogP contribution is 2.21. The standard InChI is InChI=1S/C11H15N5S/c1-12-10(9-6-4-3-5-7-9)8-17-11-13-14-15-16(11)2/h3-7,10,12H,8H2,1-2H3. The number of hydrogen-bond donors (Lipinski definition) is 1. The second-order valence-corrected chi connectivity index (χ2v) is 4.64. The molecule has 0 radical (unpaired) electrons. The predicted molar refractivity (Wildman–Crippen MR) is 67.8 cm³/mol. The number of tetrazole rings is 1. The number of thioether (sulfide) groups is 1. The highest BCUT2D eigenvalue weighted by Gasteiger charge is 2.11. The van der Waals surface area contributed by atoms with Crippen LogP contribution in [-0.2, 0) is 7.05 Å². The van der Waals surface area contributed by atoms with Crippen molar-refractivity contribution in [3.8, 4) is 0 Å². The molecule has 1 unspecified atom stereocenters. The highest BCUT2D eigenvalue weighted by atomic mass is 32.2. The van der Waals surface area contributed by atoms with E-state index in [1.807, 2.05) is 32.3 Å². The SMILES string of the molecule is CNC(CSc1nnnn1C)c1ccccc1. The lowest BCUT2D eigenvalue weighted by atomic mass is 10.1. The molecule has 1 aromatic heterocycles. The van der Waals surface area contributed by atoms with Crippen LogP contribution >= 0.6 is 11.8 Å². The van der Waals surface area contributed by atoms with E-state index in [9.17, 15) is 0 Å². The van der Waals surface area contributed by atoms with Crippen LogP contribution in [0.5, 0.6) is 0 Å². The van der Waals surface area contributed by atoms with Gasteiger partial charge in [-0.05, 0) is 23.0 Å². The molecule has 0 aliphatic carbocycles. The molecule has 0 bridgehead atoms. The maximum absolute atomic E-state index is 3.95. The summed E-state index contributed by atoms with van der Waals surface area (Å²) in [5, 5.41) is 15.5. The Morgan fingerprint density at radius 1 is 1.35 bits per heavy atom. The molecule has 1 aromatic carbocycles. The van der Waals surface area contributed by atoms with Crippen molar-refractivity contribution in [2.24, 2.45) is 7.05 Å². The second-order valence-electron chi connectivity index (χ2n) is 3.65.